The number of rotatable bonds is 3. The van der Waals surface area contributed by atoms with Gasteiger partial charge in [0.15, 0.2) is 11.5 Å². The first-order valence-corrected chi connectivity index (χ1v) is 4.02. The standard InChI is InChI=1S/C9H11NO4/c1-5(9(13)14)10-6-3-2-4-7(11)8(6)12/h2-5,10-12H,1H3,(H,13,14)/t5-/m0/s1. The summed E-state index contributed by atoms with van der Waals surface area (Å²) in [6.45, 7) is 1.44. The number of hydrogen-bond donors (Lipinski definition) is 4. The smallest absolute Gasteiger partial charge is 0.325 e. The van der Waals surface area contributed by atoms with E-state index in [0.29, 0.717) is 0 Å². The van der Waals surface area contributed by atoms with Gasteiger partial charge in [0.25, 0.3) is 0 Å². The van der Waals surface area contributed by atoms with Crippen LogP contribution in [0.5, 0.6) is 11.5 Å². The molecule has 0 amide bonds. The first-order chi connectivity index (χ1) is 6.52. The zero-order valence-corrected chi connectivity index (χ0v) is 7.56. The molecule has 14 heavy (non-hydrogen) atoms. The van der Waals surface area contributed by atoms with E-state index in [0.717, 1.165) is 0 Å². The van der Waals surface area contributed by atoms with Gasteiger partial charge in [-0.05, 0) is 19.1 Å². The van der Waals surface area contributed by atoms with E-state index in [9.17, 15) is 9.90 Å². The number of carboxylic acids is 1. The molecule has 0 unspecified atom stereocenters. The molecule has 4 N–H and O–H groups in total. The highest BCUT2D eigenvalue weighted by Crippen LogP contribution is 2.32. The monoisotopic (exact) mass is 197 g/mol. The van der Waals surface area contributed by atoms with Gasteiger partial charge in [0.1, 0.15) is 6.04 Å². The summed E-state index contributed by atoms with van der Waals surface area (Å²) < 4.78 is 0. The third-order valence-electron chi connectivity index (χ3n) is 1.76. The summed E-state index contributed by atoms with van der Waals surface area (Å²) in [6, 6.07) is 3.47. The minimum atomic E-state index is -1.03. The van der Waals surface area contributed by atoms with Crippen LogP contribution in [0.4, 0.5) is 5.69 Å². The topological polar surface area (TPSA) is 89.8 Å². The zero-order valence-electron chi connectivity index (χ0n) is 7.56. The van der Waals surface area contributed by atoms with Crippen LogP contribution in [0, 0.1) is 0 Å². The van der Waals surface area contributed by atoms with Gasteiger partial charge in [-0.3, -0.25) is 4.79 Å². The minimum Gasteiger partial charge on any atom is -0.504 e. The number of nitrogens with one attached hydrogen (secondary N) is 1. The summed E-state index contributed by atoms with van der Waals surface area (Å²) in [4.78, 5) is 10.5. The van der Waals surface area contributed by atoms with Gasteiger partial charge < -0.3 is 20.6 Å². The number of carbonyl (C=O) groups is 1. The molecule has 0 heterocycles. The van der Waals surface area contributed by atoms with E-state index in [2.05, 4.69) is 5.32 Å². The number of phenolic OH excluding ortho intramolecular Hbond substituents is 2. The largest absolute Gasteiger partial charge is 0.504 e. The number of benzene rings is 1. The second kappa shape index (κ2) is 3.87. The van der Waals surface area contributed by atoms with Crippen LogP contribution in [0.1, 0.15) is 6.92 Å². The Morgan fingerprint density at radius 3 is 2.64 bits per heavy atom. The van der Waals surface area contributed by atoms with E-state index in [-0.39, 0.29) is 17.2 Å². The van der Waals surface area contributed by atoms with Crippen LogP contribution in [0.25, 0.3) is 0 Å². The normalized spacial score (nSPS) is 12.1. The predicted molar refractivity (Wildman–Crippen MR) is 50.5 cm³/mol. The van der Waals surface area contributed by atoms with Crippen molar-refractivity contribution in [3.63, 3.8) is 0 Å². The number of aliphatic carboxylic acids is 1. The maximum Gasteiger partial charge on any atom is 0.325 e. The van der Waals surface area contributed by atoms with Gasteiger partial charge in [0.05, 0.1) is 5.69 Å². The Bertz CT molecular complexity index is 351. The molecule has 76 valence electrons. The van der Waals surface area contributed by atoms with Crippen molar-refractivity contribution < 1.29 is 20.1 Å². The second-order valence-corrected chi connectivity index (χ2v) is 2.88. The Labute approximate surface area is 80.6 Å². The highest BCUT2D eigenvalue weighted by atomic mass is 16.4. The quantitative estimate of drug-likeness (QED) is 0.542. The van der Waals surface area contributed by atoms with Crippen LogP contribution >= 0.6 is 0 Å². The van der Waals surface area contributed by atoms with E-state index in [1.807, 2.05) is 0 Å². The molecule has 0 saturated heterocycles. The molecule has 0 aromatic heterocycles. The lowest BCUT2D eigenvalue weighted by atomic mass is 10.2. The van der Waals surface area contributed by atoms with Crippen molar-refractivity contribution >= 4 is 11.7 Å². The van der Waals surface area contributed by atoms with Crippen molar-refractivity contribution in [3.05, 3.63) is 18.2 Å². The number of aromatic hydroxyl groups is 2. The molecule has 0 bridgehead atoms. The van der Waals surface area contributed by atoms with Crippen molar-refractivity contribution in [3.8, 4) is 11.5 Å². The Morgan fingerprint density at radius 2 is 2.07 bits per heavy atom. The maximum absolute atomic E-state index is 10.5. The third kappa shape index (κ3) is 2.07. The van der Waals surface area contributed by atoms with Crippen LogP contribution in [-0.4, -0.2) is 27.3 Å². The molecule has 5 nitrogen and oxygen atoms in total. The Balaban J connectivity index is 2.87. The Morgan fingerprint density at radius 1 is 1.43 bits per heavy atom. The van der Waals surface area contributed by atoms with Crippen LogP contribution < -0.4 is 5.32 Å². The molecule has 1 atom stereocenters. The fourth-order valence-electron chi connectivity index (χ4n) is 0.943. The molecular formula is C9H11NO4. The van der Waals surface area contributed by atoms with Crippen LogP contribution in [0.3, 0.4) is 0 Å². The first kappa shape index (κ1) is 10.2. The average molecular weight is 197 g/mol. The molecule has 1 aromatic carbocycles. The van der Waals surface area contributed by atoms with E-state index in [1.54, 1.807) is 0 Å². The maximum atomic E-state index is 10.5. The second-order valence-electron chi connectivity index (χ2n) is 2.88. The molecule has 0 aliphatic rings. The summed E-state index contributed by atoms with van der Waals surface area (Å²) >= 11 is 0. The molecule has 0 aliphatic heterocycles. The van der Waals surface area contributed by atoms with Gasteiger partial charge in [0, 0.05) is 0 Å². The highest BCUT2D eigenvalue weighted by molar-refractivity contribution is 5.78. The molecule has 0 saturated carbocycles. The lowest BCUT2D eigenvalue weighted by Gasteiger charge is -2.12. The molecule has 0 radical (unpaired) electrons. The summed E-state index contributed by atoms with van der Waals surface area (Å²) in [7, 11) is 0. The van der Waals surface area contributed by atoms with Gasteiger partial charge in [0.2, 0.25) is 0 Å². The summed E-state index contributed by atoms with van der Waals surface area (Å²) in [6.07, 6.45) is 0. The van der Waals surface area contributed by atoms with Crippen LogP contribution in [-0.2, 0) is 4.79 Å². The molecule has 0 aliphatic carbocycles. The number of anilines is 1. The van der Waals surface area contributed by atoms with E-state index in [4.69, 9.17) is 10.2 Å². The number of para-hydroxylation sites is 1. The highest BCUT2D eigenvalue weighted by Gasteiger charge is 2.13. The number of carboxylic acid groups (broad SMARTS) is 1. The third-order valence-corrected chi connectivity index (χ3v) is 1.76. The summed E-state index contributed by atoms with van der Waals surface area (Å²) in [5.74, 6) is -1.67. The van der Waals surface area contributed by atoms with Gasteiger partial charge in [-0.2, -0.15) is 0 Å². The fourth-order valence-corrected chi connectivity index (χ4v) is 0.943. The predicted octanol–water partition coefficient (Wildman–Crippen LogP) is 0.983. The average Bonchev–Trinajstić information content (AvgIpc) is 2.12. The molecular weight excluding hydrogens is 186 g/mol. The molecule has 0 fully saturated rings. The van der Waals surface area contributed by atoms with Crippen molar-refractivity contribution in [1.82, 2.24) is 0 Å². The van der Waals surface area contributed by atoms with Gasteiger partial charge in [-0.15, -0.1) is 0 Å². The SMILES string of the molecule is C[C@H](Nc1cccc(O)c1O)C(=O)O. The molecule has 1 aromatic rings. The lowest BCUT2D eigenvalue weighted by Crippen LogP contribution is -2.25. The Kier molecular flexibility index (Phi) is 2.81. The van der Waals surface area contributed by atoms with E-state index in [1.165, 1.54) is 25.1 Å². The first-order valence-electron chi connectivity index (χ1n) is 4.02. The van der Waals surface area contributed by atoms with Gasteiger partial charge in [-0.25, -0.2) is 0 Å². The van der Waals surface area contributed by atoms with Crippen molar-refractivity contribution in [1.29, 1.82) is 0 Å². The van der Waals surface area contributed by atoms with Crippen molar-refractivity contribution in [2.24, 2.45) is 0 Å². The minimum absolute atomic E-state index is 0.194. The van der Waals surface area contributed by atoms with E-state index >= 15 is 0 Å². The van der Waals surface area contributed by atoms with Gasteiger partial charge >= 0.3 is 5.97 Å². The van der Waals surface area contributed by atoms with E-state index < -0.39 is 12.0 Å². The summed E-state index contributed by atoms with van der Waals surface area (Å²) in [5, 5.41) is 29.6. The van der Waals surface area contributed by atoms with Gasteiger partial charge in [-0.1, -0.05) is 6.07 Å². The zero-order chi connectivity index (χ0) is 10.7. The molecule has 1 rings (SSSR count). The number of hydrogen-bond acceptors (Lipinski definition) is 4. The lowest BCUT2D eigenvalue weighted by molar-refractivity contribution is -0.137. The summed E-state index contributed by atoms with van der Waals surface area (Å²) in [5.41, 5.74) is 0.194. The van der Waals surface area contributed by atoms with Crippen LogP contribution in [0.15, 0.2) is 18.2 Å². The van der Waals surface area contributed by atoms with Crippen molar-refractivity contribution in [2.45, 2.75) is 13.0 Å². The molecule has 5 heteroatoms. The Hall–Kier alpha value is -1.91. The van der Waals surface area contributed by atoms with Crippen LogP contribution in [0.2, 0.25) is 0 Å². The molecule has 0 spiro atoms. The van der Waals surface area contributed by atoms with Crippen molar-refractivity contribution in [2.75, 3.05) is 5.32 Å². The number of phenols is 2. The fraction of sp³-hybridized carbons (Fsp3) is 0.222.